The lowest BCUT2D eigenvalue weighted by Crippen LogP contribution is -2.63. The summed E-state index contributed by atoms with van der Waals surface area (Å²) in [7, 11) is 0. The summed E-state index contributed by atoms with van der Waals surface area (Å²) in [6.45, 7) is 3.40. The standard InChI is InChI=1S/C33H37Cl2F3N4O8/c1-33(2,3)50-26(45)15-48-30-28(41-13-22(39-40-41)16-8-20(36)27(38)21(37)9-16)29(46)25(14-43)49-31(30)32(47)42(23-6-4-5-7-24(23)44)19-11-17(34)10-18(35)12-19/h8-13,23-25,28-31,43-44,46H,4-7,14-15H2,1-3H3/t23-,24-,25+,28-,29-,30+,31+/m0/s1. The predicted octanol–water partition coefficient (Wildman–Crippen LogP) is 4.39. The lowest BCUT2D eigenvalue weighted by Gasteiger charge is -2.46. The largest absolute Gasteiger partial charge is 0.458 e. The number of hydrogen-bond donors (Lipinski definition) is 3. The van der Waals surface area contributed by atoms with E-state index in [9.17, 15) is 38.1 Å². The first-order valence-electron chi connectivity index (χ1n) is 15.9. The first-order valence-corrected chi connectivity index (χ1v) is 16.7. The van der Waals surface area contributed by atoms with Gasteiger partial charge in [-0.1, -0.05) is 41.3 Å². The zero-order valence-electron chi connectivity index (χ0n) is 27.3. The molecule has 12 nitrogen and oxygen atoms in total. The smallest absolute Gasteiger partial charge is 0.332 e. The van der Waals surface area contributed by atoms with Crippen molar-refractivity contribution in [1.29, 1.82) is 0 Å². The topological polar surface area (TPSA) is 156 Å². The summed E-state index contributed by atoms with van der Waals surface area (Å²) in [5, 5.41) is 41.2. The molecular formula is C33H37Cl2F3N4O8. The zero-order chi connectivity index (χ0) is 36.5. The van der Waals surface area contributed by atoms with Crippen LogP contribution in [-0.2, 0) is 23.8 Å². The third kappa shape index (κ3) is 8.41. The second-order valence-electron chi connectivity index (χ2n) is 13.2. The van der Waals surface area contributed by atoms with Crippen LogP contribution in [0, 0.1) is 17.5 Å². The minimum atomic E-state index is -1.68. The fraction of sp³-hybridized carbons (Fsp3) is 0.515. The Kier molecular flexibility index (Phi) is 11.8. The van der Waals surface area contributed by atoms with E-state index in [4.69, 9.17) is 37.4 Å². The molecule has 1 aliphatic heterocycles. The third-order valence-corrected chi connectivity index (χ3v) is 8.84. The second-order valence-corrected chi connectivity index (χ2v) is 14.1. The van der Waals surface area contributed by atoms with Gasteiger partial charge < -0.3 is 34.4 Å². The normalized spacial score (nSPS) is 25.7. The van der Waals surface area contributed by atoms with E-state index in [2.05, 4.69) is 10.3 Å². The molecule has 3 aromatic rings. The van der Waals surface area contributed by atoms with Gasteiger partial charge in [-0.3, -0.25) is 4.79 Å². The lowest BCUT2D eigenvalue weighted by molar-refractivity contribution is -0.220. The summed E-state index contributed by atoms with van der Waals surface area (Å²) < 4.78 is 60.3. The zero-order valence-corrected chi connectivity index (χ0v) is 28.8. The molecule has 1 saturated heterocycles. The molecule has 17 heteroatoms. The van der Waals surface area contributed by atoms with Gasteiger partial charge in [0, 0.05) is 21.3 Å². The van der Waals surface area contributed by atoms with Gasteiger partial charge >= 0.3 is 5.97 Å². The summed E-state index contributed by atoms with van der Waals surface area (Å²) >= 11 is 12.7. The van der Waals surface area contributed by atoms with Crippen molar-refractivity contribution in [3.63, 3.8) is 0 Å². The number of halogens is 5. The molecule has 0 bridgehead atoms. The summed E-state index contributed by atoms with van der Waals surface area (Å²) in [6.07, 6.45) is -3.93. The van der Waals surface area contributed by atoms with Gasteiger partial charge in [0.2, 0.25) is 0 Å². The van der Waals surface area contributed by atoms with Crippen molar-refractivity contribution >= 4 is 40.8 Å². The number of hydrogen-bond acceptors (Lipinski definition) is 10. The minimum Gasteiger partial charge on any atom is -0.458 e. The molecule has 7 atom stereocenters. The Balaban J connectivity index is 1.60. The van der Waals surface area contributed by atoms with Crippen molar-refractivity contribution in [2.24, 2.45) is 0 Å². The number of amides is 1. The molecule has 5 rings (SSSR count). The van der Waals surface area contributed by atoms with Gasteiger partial charge in [-0.25, -0.2) is 22.6 Å². The fourth-order valence-electron chi connectivity index (χ4n) is 6.27. The maximum atomic E-state index is 14.8. The monoisotopic (exact) mass is 744 g/mol. The summed E-state index contributed by atoms with van der Waals surface area (Å²) in [5.74, 6) is -6.24. The van der Waals surface area contributed by atoms with Crippen LogP contribution in [0.3, 0.4) is 0 Å². The number of benzene rings is 2. The maximum Gasteiger partial charge on any atom is 0.332 e. The van der Waals surface area contributed by atoms with Crippen LogP contribution < -0.4 is 4.90 Å². The highest BCUT2D eigenvalue weighted by Crippen LogP contribution is 2.38. The molecule has 3 N–H and O–H groups in total. The molecule has 2 aromatic carbocycles. The molecule has 50 heavy (non-hydrogen) atoms. The highest BCUT2D eigenvalue weighted by atomic mass is 35.5. The van der Waals surface area contributed by atoms with E-state index >= 15 is 0 Å². The number of carbonyl (C=O) groups is 2. The van der Waals surface area contributed by atoms with Crippen LogP contribution in [0.2, 0.25) is 10.0 Å². The number of anilines is 1. The molecule has 0 spiro atoms. The Labute approximate surface area is 295 Å². The Morgan fingerprint density at radius 2 is 1.68 bits per heavy atom. The SMILES string of the molecule is CC(C)(C)OC(=O)CO[C@@H]1[C@@H](n2cc(-c3cc(F)c(F)c(F)c3)nn2)[C@@H](O)[C@@H](CO)O[C@H]1C(=O)N(c1cc(Cl)cc(Cl)c1)[C@H]1CCCC[C@@H]1O. The van der Waals surface area contributed by atoms with Gasteiger partial charge in [-0.2, -0.15) is 0 Å². The summed E-state index contributed by atoms with van der Waals surface area (Å²) in [5.41, 5.74) is -1.02. The number of aliphatic hydroxyl groups excluding tert-OH is 3. The minimum absolute atomic E-state index is 0.142. The van der Waals surface area contributed by atoms with E-state index in [1.54, 1.807) is 20.8 Å². The average Bonchev–Trinajstić information content (AvgIpc) is 3.52. The van der Waals surface area contributed by atoms with Gasteiger partial charge in [0.25, 0.3) is 5.91 Å². The van der Waals surface area contributed by atoms with Crippen LogP contribution >= 0.6 is 23.2 Å². The van der Waals surface area contributed by atoms with Gasteiger partial charge in [-0.05, 0) is 63.9 Å². The van der Waals surface area contributed by atoms with Gasteiger partial charge in [0.1, 0.15) is 42.3 Å². The molecule has 2 heterocycles. The Bertz CT molecular complexity index is 1670. The first kappa shape index (κ1) is 37.9. The van der Waals surface area contributed by atoms with Crippen LogP contribution in [-0.4, -0.2) is 97.6 Å². The van der Waals surface area contributed by atoms with Crippen molar-refractivity contribution in [2.75, 3.05) is 18.1 Å². The fourth-order valence-corrected chi connectivity index (χ4v) is 6.78. The number of esters is 1. The molecular weight excluding hydrogens is 708 g/mol. The van der Waals surface area contributed by atoms with E-state index in [0.717, 1.165) is 11.1 Å². The molecule has 1 amide bonds. The van der Waals surface area contributed by atoms with Crippen molar-refractivity contribution in [2.45, 2.75) is 94.7 Å². The van der Waals surface area contributed by atoms with Crippen molar-refractivity contribution < 1.29 is 52.3 Å². The third-order valence-electron chi connectivity index (χ3n) is 8.41. The number of nitrogens with zero attached hydrogens (tertiary/aromatic N) is 4. The first-order chi connectivity index (χ1) is 23.6. The van der Waals surface area contributed by atoms with E-state index in [0.29, 0.717) is 31.4 Å². The van der Waals surface area contributed by atoms with Crippen LogP contribution in [0.5, 0.6) is 0 Å². The van der Waals surface area contributed by atoms with Crippen molar-refractivity contribution in [3.8, 4) is 11.3 Å². The number of carbonyl (C=O) groups excluding carboxylic acids is 2. The van der Waals surface area contributed by atoms with E-state index in [-0.39, 0.29) is 27.0 Å². The quantitative estimate of drug-likeness (QED) is 0.212. The van der Waals surface area contributed by atoms with Crippen molar-refractivity contribution in [1.82, 2.24) is 15.0 Å². The maximum absolute atomic E-state index is 14.8. The van der Waals surface area contributed by atoms with E-state index in [1.165, 1.54) is 29.3 Å². The Morgan fingerprint density at radius 3 is 2.28 bits per heavy atom. The molecule has 0 unspecified atom stereocenters. The lowest BCUT2D eigenvalue weighted by atomic mass is 9.88. The van der Waals surface area contributed by atoms with E-state index in [1.807, 2.05) is 0 Å². The van der Waals surface area contributed by atoms with Crippen LogP contribution in [0.15, 0.2) is 36.5 Å². The molecule has 0 radical (unpaired) electrons. The van der Waals surface area contributed by atoms with Gasteiger partial charge in [-0.15, -0.1) is 5.10 Å². The molecule has 2 fully saturated rings. The van der Waals surface area contributed by atoms with Crippen LogP contribution in [0.1, 0.15) is 52.5 Å². The highest BCUT2D eigenvalue weighted by Gasteiger charge is 2.52. The molecule has 1 saturated carbocycles. The number of aromatic nitrogens is 3. The second kappa shape index (κ2) is 15.5. The average molecular weight is 746 g/mol. The summed E-state index contributed by atoms with van der Waals surface area (Å²) in [6, 6.07) is 3.63. The molecule has 2 aliphatic rings. The number of aliphatic hydroxyl groups is 3. The van der Waals surface area contributed by atoms with Gasteiger partial charge in [0.05, 0.1) is 24.9 Å². The van der Waals surface area contributed by atoms with Crippen LogP contribution in [0.4, 0.5) is 18.9 Å². The van der Waals surface area contributed by atoms with Gasteiger partial charge in [0.15, 0.2) is 23.6 Å². The highest BCUT2D eigenvalue weighted by molar-refractivity contribution is 6.35. The molecule has 1 aromatic heterocycles. The number of rotatable bonds is 9. The molecule has 1 aliphatic carbocycles. The van der Waals surface area contributed by atoms with E-state index < -0.39 is 90.7 Å². The number of ether oxygens (including phenoxy) is 3. The molecule has 272 valence electrons. The predicted molar refractivity (Wildman–Crippen MR) is 174 cm³/mol. The summed E-state index contributed by atoms with van der Waals surface area (Å²) in [4.78, 5) is 28.9. The Hall–Kier alpha value is -3.31. The Morgan fingerprint density at radius 1 is 1.04 bits per heavy atom. The van der Waals surface area contributed by atoms with Crippen molar-refractivity contribution in [3.05, 3.63) is 64.0 Å². The van der Waals surface area contributed by atoms with Crippen LogP contribution in [0.25, 0.3) is 11.3 Å².